The molecule has 3 rings (SSSR count). The summed E-state index contributed by atoms with van der Waals surface area (Å²) in [7, 11) is 0. The van der Waals surface area contributed by atoms with Crippen molar-refractivity contribution in [1.82, 2.24) is 4.98 Å². The fraction of sp³-hybridized carbons (Fsp3) is 0.316. The lowest BCUT2D eigenvalue weighted by Crippen LogP contribution is -2.37. The number of carbonyl (C=O) groups is 1. The van der Waals surface area contributed by atoms with Crippen LogP contribution < -0.4 is 9.64 Å². The average molecular weight is 353 g/mol. The molecule has 0 amide bonds. The third-order valence-corrected chi connectivity index (χ3v) is 3.89. The Kier molecular flexibility index (Phi) is 6.01. The molecule has 0 spiro atoms. The number of aromatic nitrogens is 1. The van der Waals surface area contributed by atoms with Crippen LogP contribution in [0.2, 0.25) is 0 Å². The van der Waals surface area contributed by atoms with Gasteiger partial charge in [0.15, 0.2) is 0 Å². The summed E-state index contributed by atoms with van der Waals surface area (Å²) in [5.41, 5.74) is 1.00. The molecule has 26 heavy (non-hydrogen) atoms. The molecule has 0 atom stereocenters. The predicted octanol–water partition coefficient (Wildman–Crippen LogP) is 2.03. The standard InChI is InChI=1S/C19H19N3O4/c20-14-15-3-5-16(6-4-15)25-12-13-26-19(23)17-2-1-7-21-18(17)22-8-10-24-11-9-22/h1-7H,8-13H2. The third kappa shape index (κ3) is 4.49. The first-order valence-electron chi connectivity index (χ1n) is 8.36. The van der Waals surface area contributed by atoms with E-state index < -0.39 is 5.97 Å². The number of carbonyl (C=O) groups excluding carboxylic acids is 1. The Labute approximate surface area is 151 Å². The van der Waals surface area contributed by atoms with E-state index in [2.05, 4.69) is 4.98 Å². The molecule has 7 nitrogen and oxygen atoms in total. The Morgan fingerprint density at radius 1 is 1.19 bits per heavy atom. The maximum Gasteiger partial charge on any atom is 0.342 e. The van der Waals surface area contributed by atoms with Crippen molar-refractivity contribution in [3.63, 3.8) is 0 Å². The number of hydrogen-bond acceptors (Lipinski definition) is 7. The van der Waals surface area contributed by atoms with Crippen molar-refractivity contribution >= 4 is 11.8 Å². The molecule has 0 aliphatic carbocycles. The van der Waals surface area contributed by atoms with Crippen LogP contribution in [-0.4, -0.2) is 50.5 Å². The lowest BCUT2D eigenvalue weighted by Gasteiger charge is -2.28. The van der Waals surface area contributed by atoms with E-state index in [1.807, 2.05) is 11.0 Å². The van der Waals surface area contributed by atoms with Gasteiger partial charge in [0.1, 0.15) is 30.3 Å². The second kappa shape index (κ2) is 8.83. The zero-order valence-corrected chi connectivity index (χ0v) is 14.3. The number of nitrogens with zero attached hydrogens (tertiary/aromatic N) is 3. The lowest BCUT2D eigenvalue weighted by molar-refractivity contribution is 0.0450. The molecular formula is C19H19N3O4. The molecule has 1 saturated heterocycles. The van der Waals surface area contributed by atoms with Gasteiger partial charge in [0.25, 0.3) is 0 Å². The first-order chi connectivity index (χ1) is 12.8. The molecule has 2 aromatic rings. The SMILES string of the molecule is N#Cc1ccc(OCCOC(=O)c2cccnc2N2CCOCC2)cc1. The highest BCUT2D eigenvalue weighted by Gasteiger charge is 2.20. The zero-order valence-electron chi connectivity index (χ0n) is 14.3. The molecule has 0 unspecified atom stereocenters. The molecular weight excluding hydrogens is 334 g/mol. The van der Waals surface area contributed by atoms with E-state index in [4.69, 9.17) is 19.5 Å². The van der Waals surface area contributed by atoms with Gasteiger partial charge in [-0.05, 0) is 36.4 Å². The van der Waals surface area contributed by atoms with Gasteiger partial charge in [0.05, 0.1) is 24.8 Å². The highest BCUT2D eigenvalue weighted by Crippen LogP contribution is 2.19. The molecule has 134 valence electrons. The van der Waals surface area contributed by atoms with E-state index in [-0.39, 0.29) is 13.2 Å². The minimum absolute atomic E-state index is 0.121. The number of esters is 1. The zero-order chi connectivity index (χ0) is 18.2. The fourth-order valence-corrected chi connectivity index (χ4v) is 2.58. The minimum atomic E-state index is -0.428. The van der Waals surface area contributed by atoms with E-state index in [0.29, 0.717) is 49.0 Å². The summed E-state index contributed by atoms with van der Waals surface area (Å²) in [6.07, 6.45) is 1.66. The van der Waals surface area contributed by atoms with Crippen molar-refractivity contribution in [3.8, 4) is 11.8 Å². The molecule has 7 heteroatoms. The molecule has 0 bridgehead atoms. The maximum absolute atomic E-state index is 12.4. The lowest BCUT2D eigenvalue weighted by atomic mass is 10.2. The number of hydrogen-bond donors (Lipinski definition) is 0. The van der Waals surface area contributed by atoms with Crippen molar-refractivity contribution in [2.45, 2.75) is 0 Å². The molecule has 0 radical (unpaired) electrons. The van der Waals surface area contributed by atoms with Gasteiger partial charge in [-0.3, -0.25) is 0 Å². The Bertz CT molecular complexity index is 780. The number of anilines is 1. The highest BCUT2D eigenvalue weighted by molar-refractivity contribution is 5.94. The van der Waals surface area contributed by atoms with E-state index in [1.165, 1.54) is 0 Å². The van der Waals surface area contributed by atoms with Gasteiger partial charge in [0.2, 0.25) is 0 Å². The van der Waals surface area contributed by atoms with Gasteiger partial charge in [-0.15, -0.1) is 0 Å². The van der Waals surface area contributed by atoms with Gasteiger partial charge in [0, 0.05) is 19.3 Å². The van der Waals surface area contributed by atoms with Crippen molar-refractivity contribution in [2.24, 2.45) is 0 Å². The topological polar surface area (TPSA) is 84.7 Å². The highest BCUT2D eigenvalue weighted by atomic mass is 16.6. The maximum atomic E-state index is 12.4. The summed E-state index contributed by atoms with van der Waals surface area (Å²) in [6.45, 7) is 2.96. The molecule has 0 N–H and O–H groups in total. The van der Waals surface area contributed by atoms with E-state index in [0.717, 1.165) is 0 Å². The van der Waals surface area contributed by atoms with Gasteiger partial charge in [-0.25, -0.2) is 9.78 Å². The smallest absolute Gasteiger partial charge is 0.342 e. The number of rotatable bonds is 6. The number of ether oxygens (including phenoxy) is 3. The van der Waals surface area contributed by atoms with Crippen molar-refractivity contribution in [1.29, 1.82) is 5.26 Å². The van der Waals surface area contributed by atoms with Crippen LogP contribution in [-0.2, 0) is 9.47 Å². The molecule has 1 aromatic carbocycles. The summed E-state index contributed by atoms with van der Waals surface area (Å²) in [4.78, 5) is 18.7. The molecule has 0 saturated carbocycles. The van der Waals surface area contributed by atoms with E-state index in [9.17, 15) is 4.79 Å². The Balaban J connectivity index is 1.52. The second-order valence-corrected chi connectivity index (χ2v) is 5.59. The normalized spacial score (nSPS) is 13.7. The van der Waals surface area contributed by atoms with Gasteiger partial charge < -0.3 is 19.1 Å². The summed E-state index contributed by atoms with van der Waals surface area (Å²) in [5.74, 6) is 0.812. The number of pyridine rings is 1. The summed E-state index contributed by atoms with van der Waals surface area (Å²) >= 11 is 0. The summed E-state index contributed by atoms with van der Waals surface area (Å²) < 4.78 is 16.2. The minimum Gasteiger partial charge on any atom is -0.490 e. The number of benzene rings is 1. The summed E-state index contributed by atoms with van der Waals surface area (Å²) in [5, 5.41) is 8.76. The van der Waals surface area contributed by atoms with Crippen LogP contribution in [0.1, 0.15) is 15.9 Å². The fourth-order valence-electron chi connectivity index (χ4n) is 2.58. The number of morpholine rings is 1. The Morgan fingerprint density at radius 3 is 2.69 bits per heavy atom. The van der Waals surface area contributed by atoms with E-state index in [1.54, 1.807) is 42.6 Å². The first kappa shape index (κ1) is 17.7. The van der Waals surface area contributed by atoms with Crippen LogP contribution in [0.25, 0.3) is 0 Å². The van der Waals surface area contributed by atoms with Gasteiger partial charge >= 0.3 is 5.97 Å². The molecule has 1 fully saturated rings. The Morgan fingerprint density at radius 2 is 1.96 bits per heavy atom. The first-order valence-corrected chi connectivity index (χ1v) is 8.36. The van der Waals surface area contributed by atoms with Crippen LogP contribution in [0.4, 0.5) is 5.82 Å². The molecule has 1 aromatic heterocycles. The predicted molar refractivity (Wildman–Crippen MR) is 94.2 cm³/mol. The van der Waals surface area contributed by atoms with Gasteiger partial charge in [-0.1, -0.05) is 0 Å². The third-order valence-electron chi connectivity index (χ3n) is 3.89. The van der Waals surface area contributed by atoms with Crippen LogP contribution in [0.15, 0.2) is 42.6 Å². The van der Waals surface area contributed by atoms with Crippen molar-refractivity contribution in [3.05, 3.63) is 53.7 Å². The summed E-state index contributed by atoms with van der Waals surface area (Å²) in [6, 6.07) is 12.2. The Hall–Kier alpha value is -3.11. The molecule has 1 aliphatic rings. The molecule has 1 aliphatic heterocycles. The monoisotopic (exact) mass is 353 g/mol. The number of nitriles is 1. The quantitative estimate of drug-likeness (QED) is 0.580. The van der Waals surface area contributed by atoms with Crippen molar-refractivity contribution in [2.75, 3.05) is 44.4 Å². The van der Waals surface area contributed by atoms with Crippen LogP contribution in [0.5, 0.6) is 5.75 Å². The largest absolute Gasteiger partial charge is 0.490 e. The van der Waals surface area contributed by atoms with Crippen LogP contribution in [0.3, 0.4) is 0 Å². The van der Waals surface area contributed by atoms with Gasteiger partial charge in [-0.2, -0.15) is 5.26 Å². The van der Waals surface area contributed by atoms with Crippen molar-refractivity contribution < 1.29 is 19.0 Å². The van der Waals surface area contributed by atoms with E-state index >= 15 is 0 Å². The second-order valence-electron chi connectivity index (χ2n) is 5.59. The average Bonchev–Trinajstić information content (AvgIpc) is 2.72. The molecule has 2 heterocycles. The van der Waals surface area contributed by atoms with Crippen LogP contribution in [0, 0.1) is 11.3 Å². The van der Waals surface area contributed by atoms with Crippen LogP contribution >= 0.6 is 0 Å².